The minimum absolute atomic E-state index is 0.0936. The summed E-state index contributed by atoms with van der Waals surface area (Å²) >= 11 is 0. The van der Waals surface area contributed by atoms with Crippen LogP contribution < -0.4 is 4.90 Å². The molecule has 20 heavy (non-hydrogen) atoms. The number of amides is 1. The van der Waals surface area contributed by atoms with Gasteiger partial charge in [0.2, 0.25) is 5.82 Å². The predicted molar refractivity (Wildman–Crippen MR) is 69.9 cm³/mol. The molecule has 102 valence electrons. The van der Waals surface area contributed by atoms with Crippen LogP contribution in [0.2, 0.25) is 0 Å². The van der Waals surface area contributed by atoms with Crippen LogP contribution in [0.5, 0.6) is 0 Å². The molecule has 0 fully saturated rings. The van der Waals surface area contributed by atoms with Crippen LogP contribution in [-0.2, 0) is 6.42 Å². The number of fused-ring (bicyclic) bond motifs is 1. The second-order valence-electron chi connectivity index (χ2n) is 4.60. The Balaban J connectivity index is 1.97. The lowest BCUT2D eigenvalue weighted by Crippen LogP contribution is -2.30. The SMILES string of the molecule is Cc1nc(C(=O)N2CCc3ccc(C(=O)O)cc32)n[nH]1. The van der Waals surface area contributed by atoms with Gasteiger partial charge >= 0.3 is 5.97 Å². The zero-order valence-electron chi connectivity index (χ0n) is 10.8. The van der Waals surface area contributed by atoms with Crippen LogP contribution in [-0.4, -0.2) is 38.7 Å². The van der Waals surface area contributed by atoms with Gasteiger partial charge in [0.1, 0.15) is 5.82 Å². The average molecular weight is 272 g/mol. The fraction of sp³-hybridized carbons (Fsp3) is 0.231. The van der Waals surface area contributed by atoms with Crippen molar-refractivity contribution in [2.75, 3.05) is 11.4 Å². The number of anilines is 1. The number of benzene rings is 1. The van der Waals surface area contributed by atoms with E-state index in [-0.39, 0.29) is 17.3 Å². The van der Waals surface area contributed by atoms with Gasteiger partial charge in [0.25, 0.3) is 5.91 Å². The lowest BCUT2D eigenvalue weighted by atomic mass is 10.1. The van der Waals surface area contributed by atoms with Gasteiger partial charge in [-0.3, -0.25) is 9.89 Å². The van der Waals surface area contributed by atoms with Crippen LogP contribution in [0.15, 0.2) is 18.2 Å². The number of nitrogens with zero attached hydrogens (tertiary/aromatic N) is 3. The van der Waals surface area contributed by atoms with E-state index in [4.69, 9.17) is 5.11 Å². The highest BCUT2D eigenvalue weighted by atomic mass is 16.4. The predicted octanol–water partition coefficient (Wildman–Crippen LogP) is 1.01. The third-order valence-electron chi connectivity index (χ3n) is 3.26. The van der Waals surface area contributed by atoms with Gasteiger partial charge < -0.3 is 10.0 Å². The largest absolute Gasteiger partial charge is 0.478 e. The number of carbonyl (C=O) groups is 2. The lowest BCUT2D eigenvalue weighted by molar-refractivity contribution is 0.0696. The van der Waals surface area contributed by atoms with Crippen molar-refractivity contribution in [2.45, 2.75) is 13.3 Å². The number of aromatic nitrogens is 3. The fourth-order valence-corrected chi connectivity index (χ4v) is 2.28. The Morgan fingerprint density at radius 3 is 2.85 bits per heavy atom. The number of nitrogens with one attached hydrogen (secondary N) is 1. The van der Waals surface area contributed by atoms with Crippen molar-refractivity contribution in [3.8, 4) is 0 Å². The highest BCUT2D eigenvalue weighted by molar-refractivity contribution is 6.05. The molecule has 3 rings (SSSR count). The van der Waals surface area contributed by atoms with E-state index in [0.717, 1.165) is 5.56 Å². The van der Waals surface area contributed by atoms with E-state index in [0.29, 0.717) is 24.5 Å². The molecule has 0 spiro atoms. The van der Waals surface area contributed by atoms with Crippen molar-refractivity contribution >= 4 is 17.6 Å². The van der Waals surface area contributed by atoms with E-state index >= 15 is 0 Å². The van der Waals surface area contributed by atoms with Crippen LogP contribution >= 0.6 is 0 Å². The standard InChI is InChI=1S/C13H12N4O3/c1-7-14-11(16-15-7)12(18)17-5-4-8-2-3-9(13(19)20)6-10(8)17/h2-3,6H,4-5H2,1H3,(H,19,20)(H,14,15,16). The maximum Gasteiger partial charge on any atom is 0.335 e. The van der Waals surface area contributed by atoms with Gasteiger partial charge in [-0.25, -0.2) is 9.78 Å². The van der Waals surface area contributed by atoms with Gasteiger partial charge in [0, 0.05) is 12.2 Å². The summed E-state index contributed by atoms with van der Waals surface area (Å²) in [4.78, 5) is 28.9. The molecule has 0 atom stereocenters. The molecule has 1 aromatic heterocycles. The molecule has 1 aliphatic heterocycles. The number of H-pyrrole nitrogens is 1. The number of carboxylic acids is 1. The number of carbonyl (C=O) groups excluding carboxylic acids is 1. The number of carboxylic acid groups (broad SMARTS) is 1. The molecule has 0 saturated carbocycles. The van der Waals surface area contributed by atoms with E-state index < -0.39 is 5.97 Å². The molecule has 0 unspecified atom stereocenters. The van der Waals surface area contributed by atoms with Crippen molar-refractivity contribution in [3.05, 3.63) is 41.0 Å². The first-order valence-electron chi connectivity index (χ1n) is 6.13. The molecule has 0 bridgehead atoms. The molecule has 0 aliphatic carbocycles. The molecule has 1 amide bonds. The van der Waals surface area contributed by atoms with Crippen molar-refractivity contribution < 1.29 is 14.7 Å². The number of hydrogen-bond donors (Lipinski definition) is 2. The summed E-state index contributed by atoms with van der Waals surface area (Å²) in [7, 11) is 0. The molecule has 2 heterocycles. The van der Waals surface area contributed by atoms with Gasteiger partial charge in [-0.05, 0) is 31.0 Å². The first-order valence-corrected chi connectivity index (χ1v) is 6.13. The zero-order chi connectivity index (χ0) is 14.3. The van der Waals surface area contributed by atoms with E-state index in [2.05, 4.69) is 15.2 Å². The summed E-state index contributed by atoms with van der Waals surface area (Å²) in [5.41, 5.74) is 1.74. The van der Waals surface area contributed by atoms with E-state index in [1.807, 2.05) is 0 Å². The summed E-state index contributed by atoms with van der Waals surface area (Å²) in [6, 6.07) is 4.81. The second-order valence-corrected chi connectivity index (χ2v) is 4.60. The van der Waals surface area contributed by atoms with Gasteiger partial charge in [-0.15, -0.1) is 5.10 Å². The summed E-state index contributed by atoms with van der Waals surface area (Å²) in [6.07, 6.45) is 0.699. The van der Waals surface area contributed by atoms with Crippen LogP contribution in [0.1, 0.15) is 32.4 Å². The fourth-order valence-electron chi connectivity index (χ4n) is 2.28. The van der Waals surface area contributed by atoms with Crippen molar-refractivity contribution in [1.29, 1.82) is 0 Å². The molecule has 7 nitrogen and oxygen atoms in total. The highest BCUT2D eigenvalue weighted by Gasteiger charge is 2.28. The van der Waals surface area contributed by atoms with E-state index in [1.54, 1.807) is 19.1 Å². The van der Waals surface area contributed by atoms with Gasteiger partial charge in [-0.1, -0.05) is 6.07 Å². The number of aromatic carboxylic acids is 1. The normalized spacial score (nSPS) is 13.3. The smallest absolute Gasteiger partial charge is 0.335 e. The molecular formula is C13H12N4O3. The summed E-state index contributed by atoms with van der Waals surface area (Å²) in [5, 5.41) is 15.5. The van der Waals surface area contributed by atoms with Crippen molar-refractivity contribution in [1.82, 2.24) is 15.2 Å². The third kappa shape index (κ3) is 1.93. The molecule has 2 aromatic rings. The van der Waals surface area contributed by atoms with Crippen LogP contribution in [0.25, 0.3) is 0 Å². The van der Waals surface area contributed by atoms with Gasteiger partial charge in [0.05, 0.1) is 5.56 Å². The number of aryl methyl sites for hydroxylation is 1. The Bertz CT molecular complexity index is 707. The van der Waals surface area contributed by atoms with Crippen LogP contribution in [0.3, 0.4) is 0 Å². The van der Waals surface area contributed by atoms with Gasteiger partial charge in [0.15, 0.2) is 0 Å². The van der Waals surface area contributed by atoms with Crippen molar-refractivity contribution in [3.63, 3.8) is 0 Å². The summed E-state index contributed by atoms with van der Waals surface area (Å²) in [6.45, 7) is 2.22. The molecule has 2 N–H and O–H groups in total. The number of hydrogen-bond acceptors (Lipinski definition) is 4. The molecule has 1 aliphatic rings. The Labute approximate surface area is 114 Å². The summed E-state index contributed by atoms with van der Waals surface area (Å²) < 4.78 is 0. The molecule has 1 aromatic carbocycles. The van der Waals surface area contributed by atoms with E-state index in [1.165, 1.54) is 11.0 Å². The molecule has 0 saturated heterocycles. The minimum atomic E-state index is -1.01. The maximum absolute atomic E-state index is 12.3. The average Bonchev–Trinajstić information content (AvgIpc) is 3.03. The monoisotopic (exact) mass is 272 g/mol. The Hall–Kier alpha value is -2.70. The minimum Gasteiger partial charge on any atom is -0.478 e. The third-order valence-corrected chi connectivity index (χ3v) is 3.26. The van der Waals surface area contributed by atoms with E-state index in [9.17, 15) is 9.59 Å². The van der Waals surface area contributed by atoms with Crippen LogP contribution in [0.4, 0.5) is 5.69 Å². The lowest BCUT2D eigenvalue weighted by Gasteiger charge is -2.15. The van der Waals surface area contributed by atoms with Crippen LogP contribution in [0, 0.1) is 6.92 Å². The Morgan fingerprint density at radius 1 is 1.40 bits per heavy atom. The first kappa shape index (κ1) is 12.3. The van der Waals surface area contributed by atoms with Gasteiger partial charge in [-0.2, -0.15) is 0 Å². The molecule has 0 radical (unpaired) electrons. The number of rotatable bonds is 2. The Kier molecular flexibility index (Phi) is 2.74. The quantitative estimate of drug-likeness (QED) is 0.850. The topological polar surface area (TPSA) is 99.2 Å². The first-order chi connectivity index (χ1) is 9.56. The molecular weight excluding hydrogens is 260 g/mol. The Morgan fingerprint density at radius 2 is 2.20 bits per heavy atom. The van der Waals surface area contributed by atoms with Crippen molar-refractivity contribution in [2.24, 2.45) is 0 Å². The highest BCUT2D eigenvalue weighted by Crippen LogP contribution is 2.30. The maximum atomic E-state index is 12.3. The zero-order valence-corrected chi connectivity index (χ0v) is 10.8. The summed E-state index contributed by atoms with van der Waals surface area (Å²) in [5.74, 6) is -0.681. The number of aromatic amines is 1. The molecule has 7 heteroatoms. The second kappa shape index (κ2) is 4.44.